The van der Waals surface area contributed by atoms with E-state index in [4.69, 9.17) is 9.47 Å². The monoisotopic (exact) mass is 344 g/mol. The quantitative estimate of drug-likeness (QED) is 0.591. The molecule has 25 heavy (non-hydrogen) atoms. The minimum atomic E-state index is -0.806. The topological polar surface area (TPSA) is 52.6 Å². The van der Waals surface area contributed by atoms with Crippen LogP contribution in [0.2, 0.25) is 0 Å². The molecule has 1 aromatic carbocycles. The number of carbonyl (C=O) groups is 2. The fourth-order valence-corrected chi connectivity index (χ4v) is 4.98. The third-order valence-electron chi connectivity index (χ3n) is 6.01. The first-order valence-electron chi connectivity index (χ1n) is 9.08. The lowest BCUT2D eigenvalue weighted by atomic mass is 9.60. The van der Waals surface area contributed by atoms with E-state index in [-0.39, 0.29) is 16.8 Å². The van der Waals surface area contributed by atoms with Crippen LogP contribution in [0.15, 0.2) is 12.1 Å². The number of carbonyl (C=O) groups excluding carboxylic acids is 2. The van der Waals surface area contributed by atoms with Gasteiger partial charge in [0.15, 0.2) is 6.29 Å². The van der Waals surface area contributed by atoms with Crippen LogP contribution in [0, 0.1) is 5.41 Å². The zero-order valence-corrected chi connectivity index (χ0v) is 15.8. The SMILES string of the molecule is CO[C@@H]1OC(=O)[C@H](C)c2c([C@@]3(C)CCCC(C)(C)C3)ccc(C=O)c21. The van der Waals surface area contributed by atoms with Gasteiger partial charge in [-0.25, -0.2) is 0 Å². The number of ether oxygens (including phenoxy) is 2. The maximum absolute atomic E-state index is 12.4. The third-order valence-corrected chi connectivity index (χ3v) is 6.01. The zero-order valence-electron chi connectivity index (χ0n) is 15.8. The van der Waals surface area contributed by atoms with Crippen LogP contribution in [0.5, 0.6) is 0 Å². The molecule has 2 aliphatic rings. The van der Waals surface area contributed by atoms with E-state index in [1.165, 1.54) is 25.5 Å². The highest BCUT2D eigenvalue weighted by atomic mass is 16.7. The Morgan fingerprint density at radius 3 is 2.52 bits per heavy atom. The highest BCUT2D eigenvalue weighted by Crippen LogP contribution is 2.51. The summed E-state index contributed by atoms with van der Waals surface area (Å²) in [5.41, 5.74) is 3.63. The van der Waals surface area contributed by atoms with Gasteiger partial charge in [-0.05, 0) is 48.1 Å². The van der Waals surface area contributed by atoms with Crippen molar-refractivity contribution >= 4 is 12.3 Å². The number of esters is 1. The molecule has 4 heteroatoms. The largest absolute Gasteiger partial charge is 0.431 e. The summed E-state index contributed by atoms with van der Waals surface area (Å²) in [6.45, 7) is 8.78. The number of hydrogen-bond donors (Lipinski definition) is 0. The van der Waals surface area contributed by atoms with Gasteiger partial charge in [0.2, 0.25) is 6.29 Å². The molecule has 0 aromatic heterocycles. The molecule has 3 rings (SSSR count). The van der Waals surface area contributed by atoms with Crippen molar-refractivity contribution < 1.29 is 19.1 Å². The van der Waals surface area contributed by atoms with Gasteiger partial charge in [0.25, 0.3) is 0 Å². The molecule has 1 aliphatic heterocycles. The average Bonchev–Trinajstić information content (AvgIpc) is 2.55. The number of benzene rings is 1. The van der Waals surface area contributed by atoms with Gasteiger partial charge in [-0.1, -0.05) is 39.3 Å². The predicted octanol–water partition coefficient (Wildman–Crippen LogP) is 4.66. The number of hydrogen-bond acceptors (Lipinski definition) is 4. The summed E-state index contributed by atoms with van der Waals surface area (Å²) in [6.07, 6.45) is 4.55. The standard InChI is InChI=1S/C21H28O4/c1-13-16-15(21(4)10-6-9-20(2,3)12-21)8-7-14(11-22)17(16)19(24-5)25-18(13)23/h7-8,11,13,19H,6,9-10,12H2,1-5H3/t13-,19-,21+/m1/s1. The predicted molar refractivity (Wildman–Crippen MR) is 95.7 cm³/mol. The molecular weight excluding hydrogens is 316 g/mol. The number of cyclic esters (lactones) is 1. The Bertz CT molecular complexity index is 706. The summed E-state index contributed by atoms with van der Waals surface area (Å²) in [4.78, 5) is 24.0. The Balaban J connectivity index is 2.22. The minimum Gasteiger partial charge on any atom is -0.431 e. The summed E-state index contributed by atoms with van der Waals surface area (Å²) in [5, 5.41) is 0. The normalized spacial score (nSPS) is 31.2. The van der Waals surface area contributed by atoms with E-state index in [1.54, 1.807) is 0 Å². The Kier molecular flexibility index (Phi) is 4.52. The van der Waals surface area contributed by atoms with E-state index in [1.807, 2.05) is 19.1 Å². The Labute approximate surface area is 149 Å². The van der Waals surface area contributed by atoms with Crippen molar-refractivity contribution in [2.24, 2.45) is 5.41 Å². The van der Waals surface area contributed by atoms with Crippen molar-refractivity contribution in [3.8, 4) is 0 Å². The van der Waals surface area contributed by atoms with Gasteiger partial charge in [-0.3, -0.25) is 9.59 Å². The maximum Gasteiger partial charge on any atom is 0.315 e. The molecule has 3 atom stereocenters. The first kappa shape index (κ1) is 18.1. The van der Waals surface area contributed by atoms with E-state index in [0.717, 1.165) is 30.3 Å². The summed E-state index contributed by atoms with van der Waals surface area (Å²) in [7, 11) is 1.50. The molecule has 0 N–H and O–H groups in total. The van der Waals surface area contributed by atoms with Crippen molar-refractivity contribution in [1.82, 2.24) is 0 Å². The molecule has 0 spiro atoms. The molecular formula is C21H28O4. The number of fused-ring (bicyclic) bond motifs is 1. The lowest BCUT2D eigenvalue weighted by Crippen LogP contribution is -2.37. The van der Waals surface area contributed by atoms with Crippen LogP contribution < -0.4 is 0 Å². The molecule has 0 bridgehead atoms. The first-order valence-corrected chi connectivity index (χ1v) is 9.08. The van der Waals surface area contributed by atoms with Gasteiger partial charge in [-0.15, -0.1) is 0 Å². The molecule has 0 amide bonds. The van der Waals surface area contributed by atoms with E-state index in [9.17, 15) is 9.59 Å². The lowest BCUT2D eigenvalue weighted by molar-refractivity contribution is -0.180. The molecule has 0 unspecified atom stereocenters. The lowest BCUT2D eigenvalue weighted by Gasteiger charge is -2.45. The molecule has 136 valence electrons. The van der Waals surface area contributed by atoms with Gasteiger partial charge < -0.3 is 9.47 Å². The van der Waals surface area contributed by atoms with Crippen molar-refractivity contribution in [2.45, 2.75) is 71.0 Å². The Morgan fingerprint density at radius 2 is 1.92 bits per heavy atom. The molecule has 1 aromatic rings. The van der Waals surface area contributed by atoms with Gasteiger partial charge in [0, 0.05) is 18.2 Å². The van der Waals surface area contributed by atoms with Gasteiger partial charge >= 0.3 is 5.97 Å². The second kappa shape index (κ2) is 6.24. The van der Waals surface area contributed by atoms with Crippen molar-refractivity contribution in [3.63, 3.8) is 0 Å². The van der Waals surface area contributed by atoms with Crippen LogP contribution in [0.25, 0.3) is 0 Å². The second-order valence-corrected chi connectivity index (χ2v) is 8.63. The fraction of sp³-hybridized carbons (Fsp3) is 0.619. The van der Waals surface area contributed by atoms with Crippen LogP contribution >= 0.6 is 0 Å². The maximum atomic E-state index is 12.4. The van der Waals surface area contributed by atoms with Crippen LogP contribution in [0.1, 0.15) is 92.6 Å². The highest BCUT2D eigenvalue weighted by Gasteiger charge is 2.43. The van der Waals surface area contributed by atoms with Crippen molar-refractivity contribution in [3.05, 3.63) is 34.4 Å². The van der Waals surface area contributed by atoms with Gasteiger partial charge in [-0.2, -0.15) is 0 Å². The summed E-state index contributed by atoms with van der Waals surface area (Å²) in [6, 6.07) is 3.90. The molecule has 1 aliphatic carbocycles. The summed E-state index contributed by atoms with van der Waals surface area (Å²) < 4.78 is 10.8. The van der Waals surface area contributed by atoms with Gasteiger partial charge in [0.05, 0.1) is 5.92 Å². The minimum absolute atomic E-state index is 0.0164. The number of rotatable bonds is 3. The van der Waals surface area contributed by atoms with Crippen LogP contribution in [-0.4, -0.2) is 19.4 Å². The molecule has 1 fully saturated rings. The average molecular weight is 344 g/mol. The van der Waals surface area contributed by atoms with E-state index < -0.39 is 12.2 Å². The number of aldehydes is 1. The molecule has 4 nitrogen and oxygen atoms in total. The van der Waals surface area contributed by atoms with E-state index >= 15 is 0 Å². The number of methoxy groups -OCH3 is 1. The highest BCUT2D eigenvalue weighted by molar-refractivity contribution is 5.86. The third kappa shape index (κ3) is 3.01. The van der Waals surface area contributed by atoms with Gasteiger partial charge in [0.1, 0.15) is 0 Å². The van der Waals surface area contributed by atoms with Crippen molar-refractivity contribution in [2.75, 3.05) is 7.11 Å². The van der Waals surface area contributed by atoms with E-state index in [2.05, 4.69) is 20.8 Å². The second-order valence-electron chi connectivity index (χ2n) is 8.63. The molecule has 0 saturated heterocycles. The van der Waals surface area contributed by atoms with E-state index in [0.29, 0.717) is 5.56 Å². The zero-order chi connectivity index (χ0) is 18.4. The summed E-state index contributed by atoms with van der Waals surface area (Å²) in [5.74, 6) is -0.680. The molecule has 1 heterocycles. The van der Waals surface area contributed by atoms with Crippen LogP contribution in [0.3, 0.4) is 0 Å². The van der Waals surface area contributed by atoms with Crippen molar-refractivity contribution in [1.29, 1.82) is 0 Å². The first-order chi connectivity index (χ1) is 11.7. The van der Waals surface area contributed by atoms with Crippen LogP contribution in [-0.2, 0) is 19.7 Å². The summed E-state index contributed by atoms with van der Waals surface area (Å²) >= 11 is 0. The van der Waals surface area contributed by atoms with Crippen LogP contribution in [0.4, 0.5) is 0 Å². The fourth-order valence-electron chi connectivity index (χ4n) is 4.98. The molecule has 1 saturated carbocycles. The Hall–Kier alpha value is -1.68. The Morgan fingerprint density at radius 1 is 1.20 bits per heavy atom. The molecule has 0 radical (unpaired) electrons. The smallest absolute Gasteiger partial charge is 0.315 e.